The van der Waals surface area contributed by atoms with Crippen LogP contribution in [-0.2, 0) is 12.8 Å². The van der Waals surface area contributed by atoms with E-state index < -0.39 is 5.97 Å². The fourth-order valence-corrected chi connectivity index (χ4v) is 2.16. The number of hydrogen-bond acceptors (Lipinski definition) is 4. The van der Waals surface area contributed by atoms with Gasteiger partial charge in [-0.25, -0.2) is 14.8 Å². The van der Waals surface area contributed by atoms with Gasteiger partial charge in [-0.3, -0.25) is 0 Å². The van der Waals surface area contributed by atoms with Crippen LogP contribution in [0.4, 0.5) is 0 Å². The van der Waals surface area contributed by atoms with E-state index in [4.69, 9.17) is 5.11 Å². The summed E-state index contributed by atoms with van der Waals surface area (Å²) in [6, 6.07) is 0. The van der Waals surface area contributed by atoms with Crippen LogP contribution in [0.3, 0.4) is 0 Å². The molecule has 0 aromatic carbocycles. The van der Waals surface area contributed by atoms with E-state index in [0.717, 1.165) is 50.2 Å². The molecule has 1 aromatic heterocycles. The summed E-state index contributed by atoms with van der Waals surface area (Å²) < 4.78 is 0. The van der Waals surface area contributed by atoms with E-state index in [-0.39, 0.29) is 5.82 Å². The van der Waals surface area contributed by atoms with Crippen LogP contribution >= 0.6 is 0 Å². The van der Waals surface area contributed by atoms with Crippen molar-refractivity contribution < 1.29 is 9.90 Å². The number of aromatic carboxylic acids is 1. The van der Waals surface area contributed by atoms with Crippen molar-refractivity contribution in [2.75, 3.05) is 19.6 Å². The fourth-order valence-electron chi connectivity index (χ4n) is 2.16. The molecule has 2 rings (SSSR count). The second kappa shape index (κ2) is 5.23. The maximum Gasteiger partial charge on any atom is 0.373 e. The monoisotopic (exact) mass is 235 g/mol. The Morgan fingerprint density at radius 2 is 2.24 bits per heavy atom. The lowest BCUT2D eigenvalue weighted by molar-refractivity contribution is 0.0683. The quantitative estimate of drug-likeness (QED) is 0.846. The number of carboxylic acids is 1. The lowest BCUT2D eigenvalue weighted by Gasteiger charge is -2.17. The molecule has 1 aliphatic rings. The first-order chi connectivity index (χ1) is 8.20. The maximum atomic E-state index is 10.8. The molecule has 0 spiro atoms. The number of nitrogens with zero attached hydrogens (tertiary/aromatic N) is 3. The smallest absolute Gasteiger partial charge is 0.373 e. The van der Waals surface area contributed by atoms with E-state index in [2.05, 4.69) is 21.8 Å². The predicted octanol–water partition coefficient (Wildman–Crippen LogP) is 0.985. The first-order valence-corrected chi connectivity index (χ1v) is 6.01. The van der Waals surface area contributed by atoms with Gasteiger partial charge < -0.3 is 10.0 Å². The average molecular weight is 235 g/mol. The molecule has 0 unspecified atom stereocenters. The van der Waals surface area contributed by atoms with Gasteiger partial charge in [0.15, 0.2) is 0 Å². The van der Waals surface area contributed by atoms with E-state index in [9.17, 15) is 4.79 Å². The second-order valence-corrected chi connectivity index (χ2v) is 4.31. The van der Waals surface area contributed by atoms with Crippen molar-refractivity contribution in [1.82, 2.24) is 14.9 Å². The molecular formula is C12H17N3O2. The van der Waals surface area contributed by atoms with Crippen LogP contribution in [0.5, 0.6) is 0 Å². The second-order valence-electron chi connectivity index (χ2n) is 4.31. The van der Waals surface area contributed by atoms with Crippen LogP contribution in [-0.4, -0.2) is 45.6 Å². The molecule has 1 aliphatic heterocycles. The molecule has 0 radical (unpaired) electrons. The number of aromatic nitrogens is 2. The molecule has 1 N–H and O–H groups in total. The SMILES string of the molecule is CCCN1CCc2cnc(C(=O)O)nc2CC1. The summed E-state index contributed by atoms with van der Waals surface area (Å²) in [5.41, 5.74) is 1.99. The molecule has 1 aromatic rings. The topological polar surface area (TPSA) is 66.3 Å². The van der Waals surface area contributed by atoms with E-state index in [1.54, 1.807) is 6.20 Å². The highest BCUT2D eigenvalue weighted by Gasteiger charge is 2.17. The zero-order chi connectivity index (χ0) is 12.3. The summed E-state index contributed by atoms with van der Waals surface area (Å²) in [6.45, 7) is 5.22. The van der Waals surface area contributed by atoms with Crippen molar-refractivity contribution in [3.63, 3.8) is 0 Å². The van der Waals surface area contributed by atoms with Gasteiger partial charge in [0.2, 0.25) is 5.82 Å². The van der Waals surface area contributed by atoms with Crippen molar-refractivity contribution in [3.8, 4) is 0 Å². The Labute approximate surface area is 100 Å². The Bertz CT molecular complexity index is 420. The minimum absolute atomic E-state index is 0.0901. The molecule has 0 amide bonds. The van der Waals surface area contributed by atoms with Gasteiger partial charge in [-0.2, -0.15) is 0 Å². The van der Waals surface area contributed by atoms with Crippen LogP contribution in [0.1, 0.15) is 35.2 Å². The van der Waals surface area contributed by atoms with Crippen molar-refractivity contribution in [3.05, 3.63) is 23.3 Å². The van der Waals surface area contributed by atoms with Gasteiger partial charge >= 0.3 is 5.97 Å². The van der Waals surface area contributed by atoms with Crippen LogP contribution in [0.15, 0.2) is 6.20 Å². The molecule has 17 heavy (non-hydrogen) atoms. The standard InChI is InChI=1S/C12H17N3O2/c1-2-5-15-6-3-9-8-13-11(12(16)17)14-10(9)4-7-15/h8H,2-7H2,1H3,(H,16,17). The average Bonchev–Trinajstić information content (AvgIpc) is 2.52. The van der Waals surface area contributed by atoms with Crippen molar-refractivity contribution in [2.45, 2.75) is 26.2 Å². The van der Waals surface area contributed by atoms with Gasteiger partial charge in [0.05, 0.1) is 0 Å². The first kappa shape index (κ1) is 12.0. The Hall–Kier alpha value is -1.49. The number of carboxylic acid groups (broad SMARTS) is 1. The minimum atomic E-state index is -1.05. The Morgan fingerprint density at radius 3 is 2.94 bits per heavy atom. The van der Waals surface area contributed by atoms with Gasteiger partial charge in [-0.05, 0) is 24.9 Å². The van der Waals surface area contributed by atoms with Crippen molar-refractivity contribution in [2.24, 2.45) is 0 Å². The third-order valence-corrected chi connectivity index (χ3v) is 3.05. The molecule has 0 saturated heterocycles. The molecular weight excluding hydrogens is 218 g/mol. The highest BCUT2D eigenvalue weighted by Crippen LogP contribution is 2.13. The van der Waals surface area contributed by atoms with E-state index >= 15 is 0 Å². The van der Waals surface area contributed by atoms with Gasteiger partial charge in [0, 0.05) is 31.4 Å². The molecule has 2 heterocycles. The van der Waals surface area contributed by atoms with Crippen LogP contribution in [0.25, 0.3) is 0 Å². The van der Waals surface area contributed by atoms with Gasteiger partial charge in [0.25, 0.3) is 0 Å². The summed E-state index contributed by atoms with van der Waals surface area (Å²) in [5.74, 6) is -1.14. The fraction of sp³-hybridized carbons (Fsp3) is 0.583. The molecule has 92 valence electrons. The number of carbonyl (C=O) groups is 1. The van der Waals surface area contributed by atoms with Crippen LogP contribution in [0.2, 0.25) is 0 Å². The summed E-state index contributed by atoms with van der Waals surface area (Å²) in [6.07, 6.45) is 4.54. The largest absolute Gasteiger partial charge is 0.475 e. The van der Waals surface area contributed by atoms with Crippen LogP contribution in [0, 0.1) is 0 Å². The third-order valence-electron chi connectivity index (χ3n) is 3.05. The third kappa shape index (κ3) is 2.79. The minimum Gasteiger partial charge on any atom is -0.475 e. The Morgan fingerprint density at radius 1 is 1.47 bits per heavy atom. The summed E-state index contributed by atoms with van der Waals surface area (Å²) in [5, 5.41) is 8.86. The predicted molar refractivity (Wildman–Crippen MR) is 63.1 cm³/mol. The van der Waals surface area contributed by atoms with Gasteiger partial charge in [-0.15, -0.1) is 0 Å². The van der Waals surface area contributed by atoms with Gasteiger partial charge in [-0.1, -0.05) is 6.92 Å². The molecule has 0 bridgehead atoms. The van der Waals surface area contributed by atoms with Crippen molar-refractivity contribution >= 4 is 5.97 Å². The Balaban J connectivity index is 2.16. The van der Waals surface area contributed by atoms with Gasteiger partial charge in [0.1, 0.15) is 0 Å². The molecule has 0 atom stereocenters. The summed E-state index contributed by atoms with van der Waals surface area (Å²) in [4.78, 5) is 21.2. The van der Waals surface area contributed by atoms with E-state index in [1.807, 2.05) is 0 Å². The normalized spacial score (nSPS) is 16.3. The van der Waals surface area contributed by atoms with E-state index in [0.29, 0.717) is 0 Å². The summed E-state index contributed by atoms with van der Waals surface area (Å²) in [7, 11) is 0. The van der Waals surface area contributed by atoms with E-state index in [1.165, 1.54) is 0 Å². The molecule has 5 heteroatoms. The zero-order valence-corrected chi connectivity index (χ0v) is 10.0. The lowest BCUT2D eigenvalue weighted by Crippen LogP contribution is -2.27. The molecule has 0 aliphatic carbocycles. The lowest BCUT2D eigenvalue weighted by atomic mass is 10.1. The van der Waals surface area contributed by atoms with Crippen LogP contribution < -0.4 is 0 Å². The molecule has 5 nitrogen and oxygen atoms in total. The zero-order valence-electron chi connectivity index (χ0n) is 10.0. The van der Waals surface area contributed by atoms with Crippen molar-refractivity contribution in [1.29, 1.82) is 0 Å². The number of hydrogen-bond donors (Lipinski definition) is 1. The number of fused-ring (bicyclic) bond motifs is 1. The first-order valence-electron chi connectivity index (χ1n) is 6.01. The highest BCUT2D eigenvalue weighted by molar-refractivity contribution is 5.83. The highest BCUT2D eigenvalue weighted by atomic mass is 16.4. The number of rotatable bonds is 3. The summed E-state index contributed by atoms with van der Waals surface area (Å²) >= 11 is 0. The maximum absolute atomic E-state index is 10.8. The molecule has 0 fully saturated rings. The molecule has 0 saturated carbocycles. The Kier molecular flexibility index (Phi) is 3.68.